The van der Waals surface area contributed by atoms with E-state index in [-0.39, 0.29) is 5.91 Å². The summed E-state index contributed by atoms with van der Waals surface area (Å²) in [5.41, 5.74) is 0. The third-order valence-corrected chi connectivity index (χ3v) is 3.80. The van der Waals surface area contributed by atoms with E-state index in [2.05, 4.69) is 10.1 Å². The van der Waals surface area contributed by atoms with Gasteiger partial charge in [-0.1, -0.05) is 12.1 Å². The highest BCUT2D eigenvalue weighted by Crippen LogP contribution is 2.26. The van der Waals surface area contributed by atoms with Crippen molar-refractivity contribution in [1.29, 1.82) is 0 Å². The molecule has 0 saturated carbocycles. The predicted molar refractivity (Wildman–Crippen MR) is 70.6 cm³/mol. The van der Waals surface area contributed by atoms with Crippen LogP contribution in [-0.2, 0) is 11.2 Å². The van der Waals surface area contributed by atoms with Gasteiger partial charge in [0.1, 0.15) is 0 Å². The Balaban J connectivity index is 1.88. The summed E-state index contributed by atoms with van der Waals surface area (Å²) in [4.78, 5) is 18.1. The van der Waals surface area contributed by atoms with Gasteiger partial charge in [0, 0.05) is 25.4 Å². The van der Waals surface area contributed by atoms with Gasteiger partial charge in [0.05, 0.1) is 5.75 Å². The van der Waals surface area contributed by atoms with Crippen molar-refractivity contribution in [3.8, 4) is 0 Å². The molecule has 0 spiro atoms. The largest absolute Gasteiger partial charge is 0.342 e. The van der Waals surface area contributed by atoms with Crippen LogP contribution in [0.3, 0.4) is 0 Å². The average Bonchev–Trinajstić information content (AvgIpc) is 2.88. The molecule has 1 saturated heterocycles. The van der Waals surface area contributed by atoms with Gasteiger partial charge in [-0.25, -0.2) is 0 Å². The quantitative estimate of drug-likeness (QED) is 0.832. The van der Waals surface area contributed by atoms with Gasteiger partial charge in [-0.05, 0) is 19.1 Å². The molecule has 2 heterocycles. The number of carbonyl (C=O) groups excluding carboxylic acids is 1. The number of aromatic nitrogens is 2. The molecule has 0 radical (unpaired) electrons. The number of hydrogen-bond donors (Lipinski definition) is 0. The molecule has 1 fully saturated rings. The second-order valence-electron chi connectivity index (χ2n) is 4.49. The summed E-state index contributed by atoms with van der Waals surface area (Å²) in [5, 5.41) is 3.92. The van der Waals surface area contributed by atoms with Gasteiger partial charge in [0.25, 0.3) is 0 Å². The number of aryl methyl sites for hydroxylation is 1. The molecule has 0 aromatic carbocycles. The molecular formula is C12H19N3O2S. The minimum atomic E-state index is 0.237. The van der Waals surface area contributed by atoms with Crippen molar-refractivity contribution in [3.05, 3.63) is 11.7 Å². The van der Waals surface area contributed by atoms with Crippen LogP contribution in [0.1, 0.15) is 37.4 Å². The first kappa shape index (κ1) is 13.4. The Hall–Kier alpha value is -1.04. The monoisotopic (exact) mass is 269 g/mol. The van der Waals surface area contributed by atoms with Crippen molar-refractivity contribution < 1.29 is 9.32 Å². The molecule has 18 heavy (non-hydrogen) atoms. The van der Waals surface area contributed by atoms with E-state index in [9.17, 15) is 4.79 Å². The van der Waals surface area contributed by atoms with Crippen LogP contribution in [-0.4, -0.2) is 46.0 Å². The van der Waals surface area contributed by atoms with E-state index in [0.717, 1.165) is 44.1 Å². The fraction of sp³-hybridized carbons (Fsp3) is 0.750. The first-order valence-corrected chi connectivity index (χ1v) is 7.73. The van der Waals surface area contributed by atoms with Crippen LogP contribution in [0.25, 0.3) is 0 Å². The summed E-state index contributed by atoms with van der Waals surface area (Å²) in [6, 6.07) is 0. The van der Waals surface area contributed by atoms with Gasteiger partial charge in [-0.2, -0.15) is 16.7 Å². The van der Waals surface area contributed by atoms with E-state index in [4.69, 9.17) is 4.52 Å². The second kappa shape index (κ2) is 6.22. The lowest BCUT2D eigenvalue weighted by Crippen LogP contribution is -2.38. The Kier molecular flexibility index (Phi) is 4.63. The maximum absolute atomic E-state index is 11.7. The lowest BCUT2D eigenvalue weighted by molar-refractivity contribution is -0.129. The highest BCUT2D eigenvalue weighted by atomic mass is 32.2. The number of likely N-dealkylation sites (tertiary alicyclic amines) is 1. The van der Waals surface area contributed by atoms with Crippen molar-refractivity contribution >= 4 is 17.7 Å². The van der Waals surface area contributed by atoms with Crippen LogP contribution in [0.2, 0.25) is 0 Å². The fourth-order valence-electron chi connectivity index (χ4n) is 2.17. The first-order chi connectivity index (χ1) is 8.74. The molecule has 0 aliphatic carbocycles. The molecule has 1 aromatic heterocycles. The molecule has 2 rings (SSSR count). The number of rotatable bonds is 4. The molecule has 1 aromatic rings. The lowest BCUT2D eigenvalue weighted by Gasteiger charge is -2.30. The van der Waals surface area contributed by atoms with Gasteiger partial charge < -0.3 is 9.42 Å². The van der Waals surface area contributed by atoms with E-state index in [1.165, 1.54) is 0 Å². The van der Waals surface area contributed by atoms with E-state index in [1.807, 2.05) is 18.1 Å². The fourth-order valence-corrected chi connectivity index (χ4v) is 2.60. The van der Waals surface area contributed by atoms with Crippen LogP contribution in [0, 0.1) is 0 Å². The summed E-state index contributed by atoms with van der Waals surface area (Å²) in [6.45, 7) is 3.61. The molecule has 0 N–H and O–H groups in total. The highest BCUT2D eigenvalue weighted by molar-refractivity contribution is 7.99. The Bertz CT molecular complexity index is 400. The Morgan fingerprint density at radius 1 is 1.50 bits per heavy atom. The van der Waals surface area contributed by atoms with E-state index < -0.39 is 0 Å². The molecule has 1 aliphatic heterocycles. The Labute approximate surface area is 111 Å². The van der Waals surface area contributed by atoms with E-state index in [1.54, 1.807) is 11.8 Å². The Morgan fingerprint density at radius 2 is 2.22 bits per heavy atom. The SMILES string of the molecule is CCc1noc(C2CCN(C(=O)CSC)CC2)n1. The summed E-state index contributed by atoms with van der Waals surface area (Å²) >= 11 is 1.57. The molecule has 1 aliphatic rings. The summed E-state index contributed by atoms with van der Waals surface area (Å²) in [5.74, 6) is 2.64. The van der Waals surface area contributed by atoms with Crippen molar-refractivity contribution in [2.24, 2.45) is 0 Å². The van der Waals surface area contributed by atoms with Crippen LogP contribution >= 0.6 is 11.8 Å². The molecule has 6 heteroatoms. The van der Waals surface area contributed by atoms with Gasteiger partial charge in [0.2, 0.25) is 11.8 Å². The van der Waals surface area contributed by atoms with Gasteiger partial charge in [-0.15, -0.1) is 0 Å². The zero-order valence-electron chi connectivity index (χ0n) is 10.9. The smallest absolute Gasteiger partial charge is 0.232 e. The molecule has 0 unspecified atom stereocenters. The molecule has 1 amide bonds. The summed E-state index contributed by atoms with van der Waals surface area (Å²) in [6.07, 6.45) is 4.60. The van der Waals surface area contributed by atoms with Crippen LogP contribution in [0.5, 0.6) is 0 Å². The molecule has 100 valence electrons. The third kappa shape index (κ3) is 3.04. The normalized spacial score (nSPS) is 17.1. The standard InChI is InChI=1S/C12H19N3O2S/c1-3-10-13-12(17-14-10)9-4-6-15(7-5-9)11(16)8-18-2/h9H,3-8H2,1-2H3. The molecule has 5 nitrogen and oxygen atoms in total. The number of thioether (sulfide) groups is 1. The zero-order valence-corrected chi connectivity index (χ0v) is 11.7. The first-order valence-electron chi connectivity index (χ1n) is 6.33. The minimum Gasteiger partial charge on any atom is -0.342 e. The van der Waals surface area contributed by atoms with Crippen molar-refractivity contribution in [3.63, 3.8) is 0 Å². The maximum atomic E-state index is 11.7. The van der Waals surface area contributed by atoms with Gasteiger partial charge in [0.15, 0.2) is 5.82 Å². The van der Waals surface area contributed by atoms with Crippen molar-refractivity contribution in [1.82, 2.24) is 15.0 Å². The summed E-state index contributed by atoms with van der Waals surface area (Å²) in [7, 11) is 0. The zero-order chi connectivity index (χ0) is 13.0. The minimum absolute atomic E-state index is 0.237. The Morgan fingerprint density at radius 3 is 2.78 bits per heavy atom. The number of carbonyl (C=O) groups is 1. The lowest BCUT2D eigenvalue weighted by atomic mass is 9.97. The van der Waals surface area contributed by atoms with Gasteiger partial charge in [-0.3, -0.25) is 4.79 Å². The topological polar surface area (TPSA) is 59.2 Å². The van der Waals surface area contributed by atoms with Gasteiger partial charge >= 0.3 is 0 Å². The van der Waals surface area contributed by atoms with Crippen LogP contribution in [0.15, 0.2) is 4.52 Å². The number of hydrogen-bond acceptors (Lipinski definition) is 5. The number of nitrogens with zero attached hydrogens (tertiary/aromatic N) is 3. The van der Waals surface area contributed by atoms with Crippen molar-refractivity contribution in [2.75, 3.05) is 25.1 Å². The summed E-state index contributed by atoms with van der Waals surface area (Å²) < 4.78 is 5.27. The number of piperidine rings is 1. The molecule has 0 bridgehead atoms. The van der Waals surface area contributed by atoms with Crippen molar-refractivity contribution in [2.45, 2.75) is 32.1 Å². The predicted octanol–water partition coefficient (Wildman–Crippen LogP) is 1.70. The average molecular weight is 269 g/mol. The van der Waals surface area contributed by atoms with E-state index in [0.29, 0.717) is 11.7 Å². The van der Waals surface area contributed by atoms with Crippen LogP contribution in [0.4, 0.5) is 0 Å². The van der Waals surface area contributed by atoms with Crippen LogP contribution < -0.4 is 0 Å². The molecular weight excluding hydrogens is 250 g/mol. The molecule has 0 atom stereocenters. The maximum Gasteiger partial charge on any atom is 0.232 e. The second-order valence-corrected chi connectivity index (χ2v) is 5.36. The third-order valence-electron chi connectivity index (χ3n) is 3.26. The van der Waals surface area contributed by atoms with E-state index >= 15 is 0 Å². The number of amides is 1. The highest BCUT2D eigenvalue weighted by Gasteiger charge is 2.26.